The zero-order valence-electron chi connectivity index (χ0n) is 11.6. The third kappa shape index (κ3) is 3.68. The molecule has 2 aromatic rings. The van der Waals surface area contributed by atoms with Crippen molar-refractivity contribution >= 4 is 5.82 Å². The van der Waals surface area contributed by atoms with Crippen molar-refractivity contribution in [3.63, 3.8) is 0 Å². The van der Waals surface area contributed by atoms with Crippen molar-refractivity contribution in [2.24, 2.45) is 0 Å². The van der Waals surface area contributed by atoms with Crippen LogP contribution in [0.25, 0.3) is 0 Å². The zero-order chi connectivity index (χ0) is 13.8. The van der Waals surface area contributed by atoms with E-state index in [0.29, 0.717) is 24.2 Å². The summed E-state index contributed by atoms with van der Waals surface area (Å²) in [6.07, 6.45) is 0. The molecular formula is C15H19N3O. The molecule has 2 N–H and O–H groups in total. The van der Waals surface area contributed by atoms with Gasteiger partial charge in [-0.1, -0.05) is 26.0 Å². The number of rotatable bonds is 4. The quantitative estimate of drug-likeness (QED) is 0.914. The maximum Gasteiger partial charge on any atom is 0.168 e. The molecule has 0 aliphatic carbocycles. The summed E-state index contributed by atoms with van der Waals surface area (Å²) in [6.45, 7) is 6.55. The fraction of sp³-hybridized carbons (Fsp3) is 0.333. The van der Waals surface area contributed by atoms with Crippen molar-refractivity contribution in [3.05, 3.63) is 47.4 Å². The van der Waals surface area contributed by atoms with Crippen LogP contribution in [0.5, 0.6) is 5.75 Å². The number of hydrogen-bond donors (Lipinski definition) is 1. The van der Waals surface area contributed by atoms with E-state index < -0.39 is 0 Å². The summed E-state index contributed by atoms with van der Waals surface area (Å²) < 4.78 is 5.66. The molecule has 1 heterocycles. The molecule has 0 amide bonds. The second-order valence-corrected chi connectivity index (χ2v) is 4.86. The summed E-state index contributed by atoms with van der Waals surface area (Å²) in [4.78, 5) is 8.42. The minimum Gasteiger partial charge on any atom is -0.486 e. The summed E-state index contributed by atoms with van der Waals surface area (Å²) in [5.41, 5.74) is 7.82. The maximum atomic E-state index is 5.67. The van der Waals surface area contributed by atoms with Gasteiger partial charge in [-0.25, -0.2) is 9.97 Å². The van der Waals surface area contributed by atoms with Crippen LogP contribution in [0.1, 0.15) is 36.8 Å². The molecule has 0 unspecified atom stereocenters. The Morgan fingerprint density at radius 1 is 1.16 bits per heavy atom. The van der Waals surface area contributed by atoms with Crippen LogP contribution in [0.3, 0.4) is 0 Å². The van der Waals surface area contributed by atoms with Crippen LogP contribution >= 0.6 is 0 Å². The van der Waals surface area contributed by atoms with Crippen LogP contribution in [0, 0.1) is 6.92 Å². The van der Waals surface area contributed by atoms with Gasteiger partial charge in [-0.3, -0.25) is 0 Å². The van der Waals surface area contributed by atoms with Gasteiger partial charge in [0.1, 0.15) is 18.2 Å². The lowest BCUT2D eigenvalue weighted by atomic mass is 10.0. The molecule has 1 aromatic carbocycles. The predicted octanol–water partition coefficient (Wildman–Crippen LogP) is 3.07. The van der Waals surface area contributed by atoms with Crippen LogP contribution in [0.15, 0.2) is 30.3 Å². The fourth-order valence-electron chi connectivity index (χ4n) is 1.82. The highest BCUT2D eigenvalue weighted by atomic mass is 16.5. The van der Waals surface area contributed by atoms with E-state index in [1.807, 2.05) is 19.1 Å². The standard InChI is InChI=1S/C15H19N3O/c1-10(2)12-4-6-13(7-5-12)19-9-15-17-11(3)8-14(16)18-15/h4-8,10H,9H2,1-3H3,(H2,16,17,18). The van der Waals surface area contributed by atoms with E-state index in [-0.39, 0.29) is 0 Å². The molecule has 0 radical (unpaired) electrons. The zero-order valence-corrected chi connectivity index (χ0v) is 11.6. The van der Waals surface area contributed by atoms with E-state index >= 15 is 0 Å². The molecule has 0 saturated heterocycles. The van der Waals surface area contributed by atoms with Gasteiger partial charge >= 0.3 is 0 Å². The van der Waals surface area contributed by atoms with E-state index in [1.54, 1.807) is 6.07 Å². The summed E-state index contributed by atoms with van der Waals surface area (Å²) in [5, 5.41) is 0. The number of nitrogens with two attached hydrogens (primary N) is 1. The highest BCUT2D eigenvalue weighted by Crippen LogP contribution is 2.19. The average Bonchev–Trinajstić information content (AvgIpc) is 2.36. The van der Waals surface area contributed by atoms with Crippen molar-refractivity contribution in [1.82, 2.24) is 9.97 Å². The number of aryl methyl sites for hydroxylation is 1. The molecule has 0 saturated carbocycles. The molecule has 100 valence electrons. The molecule has 0 aliphatic heterocycles. The molecular weight excluding hydrogens is 238 g/mol. The molecule has 0 atom stereocenters. The number of anilines is 1. The number of benzene rings is 1. The van der Waals surface area contributed by atoms with Crippen molar-refractivity contribution in [1.29, 1.82) is 0 Å². The third-order valence-electron chi connectivity index (χ3n) is 2.84. The minimum absolute atomic E-state index is 0.326. The Bertz CT molecular complexity index is 530. The number of ether oxygens (including phenoxy) is 1. The smallest absolute Gasteiger partial charge is 0.168 e. The normalized spacial score (nSPS) is 10.7. The molecule has 0 spiro atoms. The Labute approximate surface area is 113 Å². The molecule has 0 fully saturated rings. The van der Waals surface area contributed by atoms with E-state index in [0.717, 1.165) is 11.4 Å². The van der Waals surface area contributed by atoms with Gasteiger partial charge in [0, 0.05) is 11.8 Å². The summed E-state index contributed by atoms with van der Waals surface area (Å²) in [5.74, 6) is 2.41. The van der Waals surface area contributed by atoms with E-state index in [1.165, 1.54) is 5.56 Å². The Hall–Kier alpha value is -2.10. The second-order valence-electron chi connectivity index (χ2n) is 4.86. The molecule has 1 aromatic heterocycles. The highest BCUT2D eigenvalue weighted by molar-refractivity contribution is 5.30. The summed E-state index contributed by atoms with van der Waals surface area (Å²) in [7, 11) is 0. The van der Waals surface area contributed by atoms with Gasteiger partial charge in [0.15, 0.2) is 5.82 Å². The molecule has 2 rings (SSSR count). The summed E-state index contributed by atoms with van der Waals surface area (Å²) >= 11 is 0. The lowest BCUT2D eigenvalue weighted by Crippen LogP contribution is -2.05. The van der Waals surface area contributed by atoms with Crippen LogP contribution in [-0.4, -0.2) is 9.97 Å². The van der Waals surface area contributed by atoms with Crippen LogP contribution < -0.4 is 10.5 Å². The van der Waals surface area contributed by atoms with Gasteiger partial charge in [0.05, 0.1) is 0 Å². The van der Waals surface area contributed by atoms with Gasteiger partial charge in [0.25, 0.3) is 0 Å². The van der Waals surface area contributed by atoms with Crippen LogP contribution in [-0.2, 0) is 6.61 Å². The first-order valence-corrected chi connectivity index (χ1v) is 6.37. The lowest BCUT2D eigenvalue weighted by Gasteiger charge is -2.09. The Balaban J connectivity index is 2.02. The van der Waals surface area contributed by atoms with Crippen LogP contribution in [0.4, 0.5) is 5.82 Å². The summed E-state index contributed by atoms with van der Waals surface area (Å²) in [6, 6.07) is 9.82. The first-order valence-electron chi connectivity index (χ1n) is 6.37. The van der Waals surface area contributed by atoms with Crippen molar-refractivity contribution in [2.45, 2.75) is 33.3 Å². The van der Waals surface area contributed by atoms with Gasteiger partial charge in [-0.05, 0) is 30.5 Å². The first-order chi connectivity index (χ1) is 9.04. The lowest BCUT2D eigenvalue weighted by molar-refractivity contribution is 0.295. The molecule has 4 heteroatoms. The van der Waals surface area contributed by atoms with Gasteiger partial charge in [-0.2, -0.15) is 0 Å². The molecule has 0 bridgehead atoms. The minimum atomic E-state index is 0.326. The number of aromatic nitrogens is 2. The SMILES string of the molecule is Cc1cc(N)nc(COc2ccc(C(C)C)cc2)n1. The third-order valence-corrected chi connectivity index (χ3v) is 2.84. The number of nitrogen functional groups attached to an aromatic ring is 1. The predicted molar refractivity (Wildman–Crippen MR) is 76.0 cm³/mol. The highest BCUT2D eigenvalue weighted by Gasteiger charge is 2.03. The molecule has 0 aliphatic rings. The molecule has 4 nitrogen and oxygen atoms in total. The van der Waals surface area contributed by atoms with Crippen molar-refractivity contribution in [2.75, 3.05) is 5.73 Å². The fourth-order valence-corrected chi connectivity index (χ4v) is 1.82. The monoisotopic (exact) mass is 257 g/mol. The van der Waals surface area contributed by atoms with Crippen molar-refractivity contribution in [3.8, 4) is 5.75 Å². The van der Waals surface area contributed by atoms with Gasteiger partial charge in [0.2, 0.25) is 0 Å². The topological polar surface area (TPSA) is 61.0 Å². The van der Waals surface area contributed by atoms with Gasteiger partial charge < -0.3 is 10.5 Å². The second kappa shape index (κ2) is 5.69. The number of hydrogen-bond acceptors (Lipinski definition) is 4. The first kappa shape index (κ1) is 13.3. The average molecular weight is 257 g/mol. The van der Waals surface area contributed by atoms with E-state index in [9.17, 15) is 0 Å². The number of nitrogens with zero attached hydrogens (tertiary/aromatic N) is 2. The largest absolute Gasteiger partial charge is 0.486 e. The molecule has 19 heavy (non-hydrogen) atoms. The van der Waals surface area contributed by atoms with Crippen molar-refractivity contribution < 1.29 is 4.74 Å². The Morgan fingerprint density at radius 2 is 1.84 bits per heavy atom. The van der Waals surface area contributed by atoms with E-state index in [2.05, 4.69) is 35.9 Å². The van der Waals surface area contributed by atoms with E-state index in [4.69, 9.17) is 10.5 Å². The Morgan fingerprint density at radius 3 is 2.42 bits per heavy atom. The Kier molecular flexibility index (Phi) is 4.00. The maximum absolute atomic E-state index is 5.67. The van der Waals surface area contributed by atoms with Crippen LogP contribution in [0.2, 0.25) is 0 Å². The van der Waals surface area contributed by atoms with Gasteiger partial charge in [-0.15, -0.1) is 0 Å².